The van der Waals surface area contributed by atoms with E-state index in [0.717, 1.165) is 50.6 Å². The first-order valence-corrected chi connectivity index (χ1v) is 13.5. The van der Waals surface area contributed by atoms with Crippen LogP contribution in [0.3, 0.4) is 0 Å². The fourth-order valence-corrected chi connectivity index (χ4v) is 7.98. The smallest absolute Gasteiger partial charge is 0.306 e. The lowest BCUT2D eigenvalue weighted by molar-refractivity contribution is -0.160. The van der Waals surface area contributed by atoms with Crippen LogP contribution in [0, 0.1) is 28.6 Å². The van der Waals surface area contributed by atoms with Crippen LogP contribution in [0.25, 0.3) is 0 Å². The second-order valence-electron chi connectivity index (χ2n) is 11.7. The summed E-state index contributed by atoms with van der Waals surface area (Å²) < 4.78 is 6.03. The first-order valence-electron chi connectivity index (χ1n) is 13.5. The number of hydrogen-bond donors (Lipinski definition) is 2. The number of hydrogen-bond acceptors (Lipinski definition) is 5. The van der Waals surface area contributed by atoms with E-state index >= 15 is 0 Å². The Hall–Kier alpha value is -2.44. The van der Waals surface area contributed by atoms with Gasteiger partial charge in [-0.1, -0.05) is 19.4 Å². The van der Waals surface area contributed by atoms with Crippen LogP contribution in [0.2, 0.25) is 0 Å². The number of esters is 1. The average molecular weight is 482 g/mol. The van der Waals surface area contributed by atoms with E-state index in [1.807, 2.05) is 6.08 Å². The summed E-state index contributed by atoms with van der Waals surface area (Å²) in [6.07, 6.45) is 14.3. The van der Waals surface area contributed by atoms with E-state index in [2.05, 4.69) is 29.1 Å². The third kappa shape index (κ3) is 4.58. The molecule has 4 aliphatic carbocycles. The summed E-state index contributed by atoms with van der Waals surface area (Å²) in [5.74, 6) is 1.77. The van der Waals surface area contributed by atoms with Gasteiger partial charge in [0.2, 0.25) is 5.91 Å². The molecule has 6 unspecified atom stereocenters. The summed E-state index contributed by atoms with van der Waals surface area (Å²) in [5.41, 5.74) is 2.55. The molecule has 0 aromatic carbocycles. The van der Waals surface area contributed by atoms with E-state index in [9.17, 15) is 14.4 Å². The summed E-state index contributed by atoms with van der Waals surface area (Å²) in [6.45, 7) is 5.25. The lowest BCUT2D eigenvalue weighted by Gasteiger charge is -2.57. The first-order chi connectivity index (χ1) is 16.8. The molecule has 3 saturated carbocycles. The Morgan fingerprint density at radius 2 is 1.97 bits per heavy atom. The zero-order chi connectivity index (χ0) is 24.6. The van der Waals surface area contributed by atoms with E-state index in [1.54, 1.807) is 12.5 Å². The molecule has 2 N–H and O–H groups in total. The normalized spacial score (nSPS) is 35.9. The van der Waals surface area contributed by atoms with Crippen LogP contribution in [0.15, 0.2) is 24.2 Å². The number of allylic oxidation sites excluding steroid dienone is 1. The van der Waals surface area contributed by atoms with E-state index in [-0.39, 0.29) is 41.7 Å². The number of amides is 1. The molecule has 7 nitrogen and oxygen atoms in total. The van der Waals surface area contributed by atoms with Gasteiger partial charge in [0.15, 0.2) is 5.78 Å². The van der Waals surface area contributed by atoms with Gasteiger partial charge >= 0.3 is 5.97 Å². The number of nitrogens with one attached hydrogen (secondary N) is 2. The molecule has 5 rings (SSSR count). The van der Waals surface area contributed by atoms with Crippen molar-refractivity contribution in [3.8, 4) is 0 Å². The molecule has 6 atom stereocenters. The Morgan fingerprint density at radius 3 is 2.77 bits per heavy atom. The Labute approximate surface area is 207 Å². The topological polar surface area (TPSA) is 101 Å². The maximum Gasteiger partial charge on any atom is 0.306 e. The number of fused-ring (bicyclic) bond motifs is 5. The zero-order valence-electron chi connectivity index (χ0n) is 21.1. The molecule has 190 valence electrons. The number of nitrogens with zero attached hydrogens (tertiary/aromatic N) is 1. The quantitative estimate of drug-likeness (QED) is 0.566. The van der Waals surface area contributed by atoms with Crippen molar-refractivity contribution in [1.82, 2.24) is 15.3 Å². The SMILES string of the molecule is CC12CCC(=O)C=C1CCC1C2CCC2(C)C(OC(=O)CCC(=O)NCCc3cnc[nH]3)CCC12. The molecule has 0 spiro atoms. The van der Waals surface area contributed by atoms with Crippen molar-refractivity contribution in [2.75, 3.05) is 6.54 Å². The van der Waals surface area contributed by atoms with Crippen molar-refractivity contribution in [1.29, 1.82) is 0 Å². The molecule has 0 bridgehead atoms. The second-order valence-corrected chi connectivity index (χ2v) is 11.7. The summed E-state index contributed by atoms with van der Waals surface area (Å²) in [6, 6.07) is 0. The van der Waals surface area contributed by atoms with Gasteiger partial charge in [0.05, 0.1) is 12.7 Å². The molecule has 1 amide bonds. The number of H-pyrrole nitrogens is 1. The number of aromatic nitrogens is 2. The minimum absolute atomic E-state index is 0.0191. The van der Waals surface area contributed by atoms with Crippen LogP contribution in [-0.2, 0) is 25.5 Å². The molecule has 0 saturated heterocycles. The molecule has 1 heterocycles. The number of rotatable bonds is 7. The lowest BCUT2D eigenvalue weighted by atomic mass is 9.47. The third-order valence-electron chi connectivity index (χ3n) is 9.98. The number of carbonyl (C=O) groups is 3. The highest BCUT2D eigenvalue weighted by molar-refractivity contribution is 5.91. The fourth-order valence-electron chi connectivity index (χ4n) is 7.98. The van der Waals surface area contributed by atoms with E-state index in [4.69, 9.17) is 4.74 Å². The fraction of sp³-hybridized carbons (Fsp3) is 0.714. The molecule has 1 aromatic rings. The third-order valence-corrected chi connectivity index (χ3v) is 9.98. The maximum absolute atomic E-state index is 12.7. The zero-order valence-corrected chi connectivity index (χ0v) is 21.1. The Balaban J connectivity index is 1.13. The van der Waals surface area contributed by atoms with Gasteiger partial charge in [-0.25, -0.2) is 4.98 Å². The van der Waals surface area contributed by atoms with Gasteiger partial charge in [-0.2, -0.15) is 0 Å². The minimum atomic E-state index is -0.255. The van der Waals surface area contributed by atoms with Crippen molar-refractivity contribution >= 4 is 17.7 Å². The highest BCUT2D eigenvalue weighted by Gasteiger charge is 2.59. The van der Waals surface area contributed by atoms with Gasteiger partial charge in [0.25, 0.3) is 0 Å². The van der Waals surface area contributed by atoms with Crippen LogP contribution in [0.4, 0.5) is 0 Å². The molecule has 7 heteroatoms. The van der Waals surface area contributed by atoms with E-state index < -0.39 is 0 Å². The van der Waals surface area contributed by atoms with Gasteiger partial charge in [-0.05, 0) is 74.2 Å². The first kappa shape index (κ1) is 24.3. The molecule has 0 aliphatic heterocycles. The van der Waals surface area contributed by atoms with Gasteiger partial charge in [-0.3, -0.25) is 14.4 Å². The van der Waals surface area contributed by atoms with E-state index in [0.29, 0.717) is 42.9 Å². The highest BCUT2D eigenvalue weighted by atomic mass is 16.5. The number of ether oxygens (including phenoxy) is 1. The molecular formula is C28H39N3O4. The second kappa shape index (κ2) is 9.55. The largest absolute Gasteiger partial charge is 0.462 e. The van der Waals surface area contributed by atoms with Gasteiger partial charge in [0.1, 0.15) is 6.10 Å². The van der Waals surface area contributed by atoms with Crippen molar-refractivity contribution in [2.24, 2.45) is 28.6 Å². The van der Waals surface area contributed by atoms with Crippen molar-refractivity contribution in [3.05, 3.63) is 29.9 Å². The highest BCUT2D eigenvalue weighted by Crippen LogP contribution is 2.65. The Kier molecular flexibility index (Phi) is 6.62. The summed E-state index contributed by atoms with van der Waals surface area (Å²) in [5, 5.41) is 2.86. The van der Waals surface area contributed by atoms with Crippen LogP contribution < -0.4 is 5.32 Å². The minimum Gasteiger partial charge on any atom is -0.462 e. The molecular weight excluding hydrogens is 442 g/mol. The maximum atomic E-state index is 12.7. The summed E-state index contributed by atoms with van der Waals surface area (Å²) in [7, 11) is 0. The van der Waals surface area contributed by atoms with Crippen molar-refractivity contribution in [3.63, 3.8) is 0 Å². The van der Waals surface area contributed by atoms with E-state index in [1.165, 1.54) is 5.57 Å². The van der Waals surface area contributed by atoms with Crippen LogP contribution >= 0.6 is 0 Å². The monoisotopic (exact) mass is 481 g/mol. The molecule has 0 radical (unpaired) electrons. The van der Waals surface area contributed by atoms with Crippen molar-refractivity contribution in [2.45, 2.75) is 90.6 Å². The molecule has 35 heavy (non-hydrogen) atoms. The number of imidazole rings is 1. The number of carbonyl (C=O) groups excluding carboxylic acids is 3. The molecule has 1 aromatic heterocycles. The molecule has 4 aliphatic rings. The standard InChI is InChI=1S/C28H39N3O4/c1-27-12-9-20(32)15-18(27)3-4-21-22-5-6-24(28(22,2)13-10-23(21)27)35-26(34)8-7-25(33)30-14-11-19-16-29-17-31-19/h15-17,21-24H,3-14H2,1-2H3,(H,29,31)(H,30,33). The predicted molar refractivity (Wildman–Crippen MR) is 131 cm³/mol. The van der Waals surface area contributed by atoms with Crippen LogP contribution in [0.5, 0.6) is 0 Å². The van der Waals surface area contributed by atoms with Crippen LogP contribution in [0.1, 0.15) is 83.7 Å². The number of ketones is 1. The van der Waals surface area contributed by atoms with Crippen molar-refractivity contribution < 1.29 is 19.1 Å². The lowest BCUT2D eigenvalue weighted by Crippen LogP contribution is -2.51. The Bertz CT molecular complexity index is 1000. The summed E-state index contributed by atoms with van der Waals surface area (Å²) >= 11 is 0. The summed E-state index contributed by atoms with van der Waals surface area (Å²) in [4.78, 5) is 43.9. The van der Waals surface area contributed by atoms with Gasteiger partial charge in [-0.15, -0.1) is 0 Å². The Morgan fingerprint density at radius 1 is 1.11 bits per heavy atom. The average Bonchev–Trinajstić information content (AvgIpc) is 3.46. The predicted octanol–water partition coefficient (Wildman–Crippen LogP) is 4.29. The van der Waals surface area contributed by atoms with Gasteiger partial charge < -0.3 is 15.0 Å². The molecule has 3 fully saturated rings. The number of aromatic amines is 1. The van der Waals surface area contributed by atoms with Gasteiger partial charge in [0, 0.05) is 43.1 Å². The van der Waals surface area contributed by atoms with Crippen LogP contribution in [-0.4, -0.2) is 40.3 Å².